The molecule has 0 spiro atoms. The quantitative estimate of drug-likeness (QED) is 0.839. The summed E-state index contributed by atoms with van der Waals surface area (Å²) in [6.45, 7) is 7.34. The monoisotopic (exact) mass is 289 g/mol. The van der Waals surface area contributed by atoms with Crippen molar-refractivity contribution in [2.45, 2.75) is 45.3 Å². The summed E-state index contributed by atoms with van der Waals surface area (Å²) >= 11 is 3.37. The van der Waals surface area contributed by atoms with Crippen LogP contribution in [0.25, 0.3) is 0 Å². The fourth-order valence-electron chi connectivity index (χ4n) is 1.78. The molecule has 0 radical (unpaired) electrons. The molecule has 1 aromatic rings. The lowest BCUT2D eigenvalue weighted by Crippen LogP contribution is -2.46. The van der Waals surface area contributed by atoms with Crippen LogP contribution in [-0.4, -0.2) is 33.1 Å². The van der Waals surface area contributed by atoms with Gasteiger partial charge in [-0.05, 0) is 43.1 Å². The molecule has 0 amide bonds. The predicted octanol–water partition coefficient (Wildman–Crippen LogP) is 1.78. The molecule has 0 saturated heterocycles. The Morgan fingerprint density at radius 3 is 2.81 bits per heavy atom. The molecule has 0 aliphatic carbocycles. The van der Waals surface area contributed by atoms with E-state index in [4.69, 9.17) is 5.11 Å². The van der Waals surface area contributed by atoms with Crippen LogP contribution in [-0.2, 0) is 6.54 Å². The van der Waals surface area contributed by atoms with Gasteiger partial charge in [-0.2, -0.15) is 5.10 Å². The van der Waals surface area contributed by atoms with E-state index in [1.54, 1.807) is 6.20 Å². The van der Waals surface area contributed by atoms with E-state index in [1.807, 2.05) is 10.9 Å². The van der Waals surface area contributed by atoms with Crippen LogP contribution in [0.1, 0.15) is 27.2 Å². The lowest BCUT2D eigenvalue weighted by molar-refractivity contribution is 0.216. The highest BCUT2D eigenvalue weighted by molar-refractivity contribution is 9.10. The normalized spacial score (nSPS) is 14.1. The number of rotatable bonds is 6. The van der Waals surface area contributed by atoms with Gasteiger partial charge in [0.25, 0.3) is 0 Å². The van der Waals surface area contributed by atoms with Crippen LogP contribution in [0, 0.1) is 0 Å². The Bertz CT molecular complexity index is 325. The summed E-state index contributed by atoms with van der Waals surface area (Å²) in [5.41, 5.74) is -0.0431. The first-order valence-electron chi connectivity index (χ1n) is 5.49. The van der Waals surface area contributed by atoms with Gasteiger partial charge in [-0.25, -0.2) is 0 Å². The fraction of sp³-hybridized carbons (Fsp3) is 0.727. The smallest absolute Gasteiger partial charge is 0.0632 e. The van der Waals surface area contributed by atoms with Crippen molar-refractivity contribution in [1.82, 2.24) is 15.1 Å². The van der Waals surface area contributed by atoms with Crippen LogP contribution in [0.2, 0.25) is 0 Å². The molecule has 1 unspecified atom stereocenters. The maximum absolute atomic E-state index is 8.94. The number of halogens is 1. The molecule has 1 atom stereocenters. The first-order valence-corrected chi connectivity index (χ1v) is 6.29. The number of aliphatic hydroxyl groups excluding tert-OH is 1. The molecule has 4 nitrogen and oxygen atoms in total. The predicted molar refractivity (Wildman–Crippen MR) is 68.3 cm³/mol. The number of aliphatic hydroxyl groups is 1. The van der Waals surface area contributed by atoms with Crippen molar-refractivity contribution in [3.8, 4) is 0 Å². The Hall–Kier alpha value is -0.390. The van der Waals surface area contributed by atoms with E-state index in [9.17, 15) is 0 Å². The van der Waals surface area contributed by atoms with Crippen LogP contribution < -0.4 is 5.32 Å². The minimum Gasteiger partial charge on any atom is -0.396 e. The SMILES string of the molecule is CC(Cn1cc(Br)cn1)NC(C)(C)CCO. The largest absolute Gasteiger partial charge is 0.396 e. The molecule has 1 aromatic heterocycles. The highest BCUT2D eigenvalue weighted by Crippen LogP contribution is 2.10. The summed E-state index contributed by atoms with van der Waals surface area (Å²) in [7, 11) is 0. The second-order valence-corrected chi connectivity index (χ2v) is 5.70. The van der Waals surface area contributed by atoms with Crippen molar-refractivity contribution >= 4 is 15.9 Å². The maximum atomic E-state index is 8.94. The van der Waals surface area contributed by atoms with Crippen molar-refractivity contribution in [3.63, 3.8) is 0 Å². The molecule has 5 heteroatoms. The van der Waals surface area contributed by atoms with Crippen LogP contribution >= 0.6 is 15.9 Å². The summed E-state index contributed by atoms with van der Waals surface area (Å²) in [5.74, 6) is 0. The third-order valence-electron chi connectivity index (χ3n) is 2.44. The fourth-order valence-corrected chi connectivity index (χ4v) is 2.11. The summed E-state index contributed by atoms with van der Waals surface area (Å²) in [6.07, 6.45) is 4.49. The topological polar surface area (TPSA) is 50.1 Å². The number of nitrogens with zero attached hydrogens (tertiary/aromatic N) is 2. The van der Waals surface area contributed by atoms with Gasteiger partial charge in [0.1, 0.15) is 0 Å². The molecule has 16 heavy (non-hydrogen) atoms. The lowest BCUT2D eigenvalue weighted by Gasteiger charge is -2.29. The molecule has 0 fully saturated rings. The number of aromatic nitrogens is 2. The van der Waals surface area contributed by atoms with E-state index in [0.717, 1.165) is 17.4 Å². The van der Waals surface area contributed by atoms with Crippen LogP contribution in [0.15, 0.2) is 16.9 Å². The molecule has 1 heterocycles. The van der Waals surface area contributed by atoms with Gasteiger partial charge in [0, 0.05) is 24.4 Å². The first-order chi connectivity index (χ1) is 7.43. The van der Waals surface area contributed by atoms with Gasteiger partial charge in [0.2, 0.25) is 0 Å². The molecular formula is C11H20BrN3O. The first kappa shape index (κ1) is 13.7. The van der Waals surface area contributed by atoms with Crippen molar-refractivity contribution < 1.29 is 5.11 Å². The van der Waals surface area contributed by atoms with Crippen molar-refractivity contribution in [2.24, 2.45) is 0 Å². The zero-order valence-electron chi connectivity index (χ0n) is 10.1. The second-order valence-electron chi connectivity index (χ2n) is 4.78. The summed E-state index contributed by atoms with van der Waals surface area (Å²) in [6, 6.07) is 0.313. The Morgan fingerprint density at radius 1 is 1.62 bits per heavy atom. The van der Waals surface area contributed by atoms with E-state index in [1.165, 1.54) is 0 Å². The Balaban J connectivity index is 2.44. The molecular weight excluding hydrogens is 270 g/mol. The highest BCUT2D eigenvalue weighted by Gasteiger charge is 2.19. The van der Waals surface area contributed by atoms with Gasteiger partial charge in [-0.3, -0.25) is 4.68 Å². The third kappa shape index (κ3) is 4.63. The highest BCUT2D eigenvalue weighted by atomic mass is 79.9. The average molecular weight is 290 g/mol. The zero-order chi connectivity index (χ0) is 12.2. The molecule has 0 bridgehead atoms. The molecule has 2 N–H and O–H groups in total. The number of hydrogen-bond donors (Lipinski definition) is 2. The number of nitrogens with one attached hydrogen (secondary N) is 1. The van der Waals surface area contributed by atoms with Gasteiger partial charge < -0.3 is 10.4 Å². The van der Waals surface area contributed by atoms with Gasteiger partial charge in [-0.15, -0.1) is 0 Å². The summed E-state index contributed by atoms with van der Waals surface area (Å²) in [4.78, 5) is 0. The zero-order valence-corrected chi connectivity index (χ0v) is 11.7. The standard InChI is InChI=1S/C11H20BrN3O/c1-9(14-11(2,3)4-5-16)7-15-8-10(12)6-13-15/h6,8-9,14,16H,4-5,7H2,1-3H3. The minimum atomic E-state index is -0.0431. The average Bonchev–Trinajstić information content (AvgIpc) is 2.49. The van der Waals surface area contributed by atoms with Gasteiger partial charge >= 0.3 is 0 Å². The van der Waals surface area contributed by atoms with E-state index in [0.29, 0.717) is 6.04 Å². The van der Waals surface area contributed by atoms with Crippen LogP contribution in [0.5, 0.6) is 0 Å². The van der Waals surface area contributed by atoms with Crippen molar-refractivity contribution in [3.05, 3.63) is 16.9 Å². The van der Waals surface area contributed by atoms with E-state index < -0.39 is 0 Å². The molecule has 0 saturated carbocycles. The summed E-state index contributed by atoms with van der Waals surface area (Å²) in [5, 5.41) is 16.6. The van der Waals surface area contributed by atoms with E-state index in [2.05, 4.69) is 47.1 Å². The Kier molecular flexibility index (Phi) is 4.95. The van der Waals surface area contributed by atoms with Gasteiger partial charge in [0.15, 0.2) is 0 Å². The molecule has 92 valence electrons. The van der Waals surface area contributed by atoms with Crippen molar-refractivity contribution in [2.75, 3.05) is 6.61 Å². The molecule has 0 aliphatic heterocycles. The van der Waals surface area contributed by atoms with E-state index in [-0.39, 0.29) is 12.1 Å². The molecule has 0 aliphatic rings. The molecule has 0 aromatic carbocycles. The minimum absolute atomic E-state index is 0.0431. The van der Waals surface area contributed by atoms with Crippen LogP contribution in [0.3, 0.4) is 0 Å². The Labute approximate surface area is 105 Å². The van der Waals surface area contributed by atoms with Gasteiger partial charge in [0.05, 0.1) is 17.2 Å². The summed E-state index contributed by atoms with van der Waals surface area (Å²) < 4.78 is 2.89. The molecule has 1 rings (SSSR count). The van der Waals surface area contributed by atoms with E-state index >= 15 is 0 Å². The van der Waals surface area contributed by atoms with Crippen LogP contribution in [0.4, 0.5) is 0 Å². The van der Waals surface area contributed by atoms with Crippen molar-refractivity contribution in [1.29, 1.82) is 0 Å². The maximum Gasteiger partial charge on any atom is 0.0632 e. The van der Waals surface area contributed by atoms with Gasteiger partial charge in [-0.1, -0.05) is 0 Å². The second kappa shape index (κ2) is 5.80. The third-order valence-corrected chi connectivity index (χ3v) is 2.85. The lowest BCUT2D eigenvalue weighted by atomic mass is 10.00. The number of hydrogen-bond acceptors (Lipinski definition) is 3. The Morgan fingerprint density at radius 2 is 2.31 bits per heavy atom.